The molecule has 0 aliphatic heterocycles. The molecule has 0 bridgehead atoms. The molecule has 1 aromatic rings. The molecule has 0 fully saturated rings. The minimum atomic E-state index is -3.15. The van der Waals surface area contributed by atoms with E-state index in [2.05, 4.69) is 5.32 Å². The number of carbonyl (C=O) groups is 1. The highest BCUT2D eigenvalue weighted by Crippen LogP contribution is 2.14. The molecule has 1 atom stereocenters. The van der Waals surface area contributed by atoms with E-state index in [4.69, 9.17) is 11.6 Å². The minimum absolute atomic E-state index is 0.160. The summed E-state index contributed by atoms with van der Waals surface area (Å²) in [4.78, 5) is 11.7. The standard InChI is InChI=1S/C11H14ClNO3S/c1-8(7-17(2,15)16)11(14)13-10-5-3-9(12)4-6-10/h3-6,8H,7H2,1-2H3,(H,13,14). The van der Waals surface area contributed by atoms with E-state index in [9.17, 15) is 13.2 Å². The third kappa shape index (κ3) is 5.19. The van der Waals surface area contributed by atoms with Gasteiger partial charge >= 0.3 is 0 Å². The summed E-state index contributed by atoms with van der Waals surface area (Å²) in [7, 11) is -3.15. The molecule has 0 saturated carbocycles. The van der Waals surface area contributed by atoms with Crippen molar-refractivity contribution in [3.05, 3.63) is 29.3 Å². The fourth-order valence-electron chi connectivity index (χ4n) is 1.33. The highest BCUT2D eigenvalue weighted by atomic mass is 35.5. The van der Waals surface area contributed by atoms with Crippen molar-refractivity contribution in [2.75, 3.05) is 17.3 Å². The summed E-state index contributed by atoms with van der Waals surface area (Å²) in [6, 6.07) is 6.62. The topological polar surface area (TPSA) is 63.2 Å². The molecule has 0 saturated heterocycles. The molecule has 0 heterocycles. The predicted octanol–water partition coefficient (Wildman–Crippen LogP) is 1.96. The number of nitrogens with one attached hydrogen (secondary N) is 1. The van der Waals surface area contributed by atoms with Crippen LogP contribution in [-0.4, -0.2) is 26.3 Å². The van der Waals surface area contributed by atoms with Gasteiger partial charge in [0.2, 0.25) is 5.91 Å². The van der Waals surface area contributed by atoms with Gasteiger partial charge in [0, 0.05) is 22.9 Å². The zero-order valence-corrected chi connectivity index (χ0v) is 11.2. The van der Waals surface area contributed by atoms with E-state index in [1.165, 1.54) is 0 Å². The first-order valence-corrected chi connectivity index (χ1v) is 7.46. The average Bonchev–Trinajstić information content (AvgIpc) is 2.19. The molecule has 1 aromatic carbocycles. The summed E-state index contributed by atoms with van der Waals surface area (Å²) in [5.41, 5.74) is 0.597. The number of halogens is 1. The summed E-state index contributed by atoms with van der Waals surface area (Å²) in [5.74, 6) is -1.06. The van der Waals surface area contributed by atoms with Gasteiger partial charge in [-0.3, -0.25) is 4.79 Å². The first-order chi connectivity index (χ1) is 7.78. The van der Waals surface area contributed by atoms with Crippen molar-refractivity contribution in [2.24, 2.45) is 5.92 Å². The minimum Gasteiger partial charge on any atom is -0.326 e. The maximum absolute atomic E-state index is 11.7. The lowest BCUT2D eigenvalue weighted by molar-refractivity contribution is -0.118. The summed E-state index contributed by atoms with van der Waals surface area (Å²) in [5, 5.41) is 3.21. The summed E-state index contributed by atoms with van der Waals surface area (Å²) in [6.07, 6.45) is 1.11. The highest BCUT2D eigenvalue weighted by Gasteiger charge is 2.18. The molecule has 0 aliphatic rings. The van der Waals surface area contributed by atoms with Crippen LogP contribution in [0, 0.1) is 5.92 Å². The van der Waals surface area contributed by atoms with Gasteiger partial charge in [0.1, 0.15) is 9.84 Å². The first kappa shape index (κ1) is 14.0. The van der Waals surface area contributed by atoms with E-state index in [0.29, 0.717) is 10.7 Å². The van der Waals surface area contributed by atoms with Gasteiger partial charge in [-0.2, -0.15) is 0 Å². The van der Waals surface area contributed by atoms with Gasteiger partial charge in [0.15, 0.2) is 0 Å². The van der Waals surface area contributed by atoms with Gasteiger partial charge in [-0.1, -0.05) is 18.5 Å². The molecule has 1 amide bonds. The molecule has 6 heteroatoms. The molecular formula is C11H14ClNO3S. The molecule has 1 unspecified atom stereocenters. The van der Waals surface area contributed by atoms with Crippen molar-refractivity contribution >= 4 is 33.0 Å². The number of benzene rings is 1. The molecule has 17 heavy (non-hydrogen) atoms. The van der Waals surface area contributed by atoms with Crippen LogP contribution in [0.15, 0.2) is 24.3 Å². The quantitative estimate of drug-likeness (QED) is 0.914. The van der Waals surface area contributed by atoms with Crippen molar-refractivity contribution < 1.29 is 13.2 Å². The van der Waals surface area contributed by atoms with E-state index in [-0.39, 0.29) is 11.7 Å². The number of carbonyl (C=O) groups excluding carboxylic acids is 1. The lowest BCUT2D eigenvalue weighted by Crippen LogP contribution is -2.26. The monoisotopic (exact) mass is 275 g/mol. The van der Waals surface area contributed by atoms with E-state index >= 15 is 0 Å². The Morgan fingerprint density at radius 2 is 1.88 bits per heavy atom. The molecule has 4 nitrogen and oxygen atoms in total. The van der Waals surface area contributed by atoms with Gasteiger partial charge in [0.05, 0.1) is 5.75 Å². The number of hydrogen-bond donors (Lipinski definition) is 1. The van der Waals surface area contributed by atoms with Gasteiger partial charge < -0.3 is 5.32 Å². The lowest BCUT2D eigenvalue weighted by Gasteiger charge is -2.11. The van der Waals surface area contributed by atoms with Crippen LogP contribution in [0.1, 0.15) is 6.92 Å². The maximum Gasteiger partial charge on any atom is 0.228 e. The van der Waals surface area contributed by atoms with E-state index < -0.39 is 15.8 Å². The fraction of sp³-hybridized carbons (Fsp3) is 0.364. The molecule has 94 valence electrons. The van der Waals surface area contributed by atoms with E-state index in [1.54, 1.807) is 31.2 Å². The smallest absolute Gasteiger partial charge is 0.228 e. The number of sulfone groups is 1. The Morgan fingerprint density at radius 1 is 1.35 bits per heavy atom. The number of rotatable bonds is 4. The fourth-order valence-corrected chi connectivity index (χ4v) is 2.51. The average molecular weight is 276 g/mol. The Labute approximate surface area is 106 Å². The van der Waals surface area contributed by atoms with Gasteiger partial charge in [-0.25, -0.2) is 8.42 Å². The van der Waals surface area contributed by atoms with Crippen LogP contribution in [0.4, 0.5) is 5.69 Å². The predicted molar refractivity (Wildman–Crippen MR) is 69.0 cm³/mol. The van der Waals surface area contributed by atoms with Crippen LogP contribution in [0.5, 0.6) is 0 Å². The Hall–Kier alpha value is -1.07. The van der Waals surface area contributed by atoms with Crippen LogP contribution in [0.2, 0.25) is 5.02 Å². The Balaban J connectivity index is 2.63. The second-order valence-electron chi connectivity index (χ2n) is 3.99. The van der Waals surface area contributed by atoms with Crippen molar-refractivity contribution in [1.82, 2.24) is 0 Å². The summed E-state index contributed by atoms with van der Waals surface area (Å²) < 4.78 is 22.1. The van der Waals surface area contributed by atoms with E-state index in [0.717, 1.165) is 6.26 Å². The first-order valence-electron chi connectivity index (χ1n) is 5.02. The van der Waals surface area contributed by atoms with Crippen LogP contribution >= 0.6 is 11.6 Å². The summed E-state index contributed by atoms with van der Waals surface area (Å²) in [6.45, 7) is 1.58. The maximum atomic E-state index is 11.7. The normalized spacial score (nSPS) is 13.1. The van der Waals surface area contributed by atoms with E-state index in [1.807, 2.05) is 0 Å². The molecule has 0 radical (unpaired) electrons. The Kier molecular flexibility index (Phi) is 4.54. The van der Waals surface area contributed by atoms with Crippen molar-refractivity contribution in [1.29, 1.82) is 0 Å². The zero-order chi connectivity index (χ0) is 13.1. The Morgan fingerprint density at radius 3 is 2.35 bits per heavy atom. The SMILES string of the molecule is CC(CS(C)(=O)=O)C(=O)Nc1ccc(Cl)cc1. The number of hydrogen-bond acceptors (Lipinski definition) is 3. The van der Waals surface area contributed by atoms with Crippen LogP contribution in [0.3, 0.4) is 0 Å². The zero-order valence-electron chi connectivity index (χ0n) is 9.60. The third-order valence-corrected chi connectivity index (χ3v) is 3.47. The van der Waals surface area contributed by atoms with Gasteiger partial charge in [-0.05, 0) is 24.3 Å². The van der Waals surface area contributed by atoms with Crippen molar-refractivity contribution in [3.63, 3.8) is 0 Å². The molecule has 1 rings (SSSR count). The third-order valence-electron chi connectivity index (χ3n) is 2.11. The number of anilines is 1. The largest absolute Gasteiger partial charge is 0.326 e. The van der Waals surface area contributed by atoms with Gasteiger partial charge in [-0.15, -0.1) is 0 Å². The van der Waals surface area contributed by atoms with Gasteiger partial charge in [0.25, 0.3) is 0 Å². The van der Waals surface area contributed by atoms with Crippen LogP contribution in [0.25, 0.3) is 0 Å². The molecular weight excluding hydrogens is 262 g/mol. The second kappa shape index (κ2) is 5.51. The van der Waals surface area contributed by atoms with Crippen LogP contribution < -0.4 is 5.32 Å². The number of amides is 1. The van der Waals surface area contributed by atoms with Crippen molar-refractivity contribution in [2.45, 2.75) is 6.92 Å². The van der Waals surface area contributed by atoms with Crippen LogP contribution in [-0.2, 0) is 14.6 Å². The molecule has 0 spiro atoms. The Bertz CT molecular complexity index is 496. The molecule has 0 aromatic heterocycles. The second-order valence-corrected chi connectivity index (χ2v) is 6.61. The summed E-state index contributed by atoms with van der Waals surface area (Å²) >= 11 is 5.71. The molecule has 1 N–H and O–H groups in total. The molecule has 0 aliphatic carbocycles. The lowest BCUT2D eigenvalue weighted by atomic mass is 10.2. The van der Waals surface area contributed by atoms with Crippen molar-refractivity contribution in [3.8, 4) is 0 Å². The highest BCUT2D eigenvalue weighted by molar-refractivity contribution is 7.90.